The number of carbonyl (C=O) groups is 2. The summed E-state index contributed by atoms with van der Waals surface area (Å²) in [7, 11) is 0. The predicted molar refractivity (Wildman–Crippen MR) is 81.2 cm³/mol. The first-order valence-electron chi connectivity index (χ1n) is 8.25. The van der Waals surface area contributed by atoms with Gasteiger partial charge in [0.25, 0.3) is 0 Å². The van der Waals surface area contributed by atoms with Crippen LogP contribution in [0.3, 0.4) is 0 Å². The minimum atomic E-state index is -0.772. The number of amides is 2. The molecule has 2 saturated carbocycles. The number of hydrogen-bond acceptors (Lipinski definition) is 2. The second-order valence-corrected chi connectivity index (χ2v) is 7.08. The summed E-state index contributed by atoms with van der Waals surface area (Å²) in [5, 5.41) is 15.4. The third kappa shape index (κ3) is 4.11. The molecule has 21 heavy (non-hydrogen) atoms. The summed E-state index contributed by atoms with van der Waals surface area (Å²) in [4.78, 5) is 23.7. The smallest absolute Gasteiger partial charge is 0.315 e. The Morgan fingerprint density at radius 3 is 2.00 bits per heavy atom. The number of aliphatic carboxylic acids is 1. The number of carbonyl (C=O) groups excluding carboxylic acids is 1. The van der Waals surface area contributed by atoms with Gasteiger partial charge in [0.05, 0.1) is 5.41 Å². The maximum absolute atomic E-state index is 12.1. The van der Waals surface area contributed by atoms with Gasteiger partial charge in [-0.2, -0.15) is 0 Å². The molecule has 120 valence electrons. The fourth-order valence-electron chi connectivity index (χ4n) is 3.72. The van der Waals surface area contributed by atoms with E-state index in [-0.39, 0.29) is 18.1 Å². The van der Waals surface area contributed by atoms with Crippen LogP contribution in [-0.4, -0.2) is 29.2 Å². The molecule has 0 spiro atoms. The van der Waals surface area contributed by atoms with Gasteiger partial charge in [0.2, 0.25) is 0 Å². The molecular weight excluding hydrogens is 268 g/mol. The van der Waals surface area contributed by atoms with Crippen molar-refractivity contribution in [2.75, 3.05) is 6.54 Å². The molecule has 5 heteroatoms. The Kier molecular flexibility index (Phi) is 5.12. The zero-order valence-corrected chi connectivity index (χ0v) is 13.0. The molecule has 0 aliphatic heterocycles. The largest absolute Gasteiger partial charge is 0.481 e. The highest BCUT2D eigenvalue weighted by Crippen LogP contribution is 2.36. The molecule has 0 aromatic carbocycles. The lowest BCUT2D eigenvalue weighted by Crippen LogP contribution is -2.54. The molecule has 2 aliphatic rings. The first-order valence-corrected chi connectivity index (χ1v) is 8.25. The van der Waals surface area contributed by atoms with E-state index in [0.717, 1.165) is 44.9 Å². The summed E-state index contributed by atoms with van der Waals surface area (Å²) in [5.74, 6) is -0.772. The van der Waals surface area contributed by atoms with E-state index >= 15 is 0 Å². The van der Waals surface area contributed by atoms with Crippen molar-refractivity contribution in [1.29, 1.82) is 0 Å². The van der Waals surface area contributed by atoms with Crippen molar-refractivity contribution in [2.24, 2.45) is 5.41 Å². The number of urea groups is 1. The van der Waals surface area contributed by atoms with Crippen molar-refractivity contribution >= 4 is 12.0 Å². The van der Waals surface area contributed by atoms with Gasteiger partial charge < -0.3 is 15.7 Å². The van der Waals surface area contributed by atoms with Gasteiger partial charge in [-0.3, -0.25) is 4.79 Å². The summed E-state index contributed by atoms with van der Waals surface area (Å²) in [6, 6.07) is -0.217. The van der Waals surface area contributed by atoms with Crippen LogP contribution < -0.4 is 10.6 Å². The molecule has 5 nitrogen and oxygen atoms in total. The van der Waals surface area contributed by atoms with Gasteiger partial charge in [0.15, 0.2) is 0 Å². The summed E-state index contributed by atoms with van der Waals surface area (Å²) in [6.07, 6.45) is 9.85. The second-order valence-electron chi connectivity index (χ2n) is 7.08. The van der Waals surface area contributed by atoms with Crippen LogP contribution >= 0.6 is 0 Å². The predicted octanol–water partition coefficient (Wildman–Crippen LogP) is 3.04. The van der Waals surface area contributed by atoms with Gasteiger partial charge in [-0.15, -0.1) is 0 Å². The summed E-state index contributed by atoms with van der Waals surface area (Å²) in [6.45, 7) is 2.32. The zero-order valence-electron chi connectivity index (χ0n) is 13.0. The number of carboxylic acids is 1. The highest BCUT2D eigenvalue weighted by molar-refractivity contribution is 5.78. The lowest BCUT2D eigenvalue weighted by molar-refractivity contribution is -0.150. The van der Waals surface area contributed by atoms with E-state index < -0.39 is 11.4 Å². The van der Waals surface area contributed by atoms with Crippen LogP contribution in [0.2, 0.25) is 0 Å². The quantitative estimate of drug-likeness (QED) is 0.746. The highest BCUT2D eigenvalue weighted by Gasteiger charge is 2.40. The number of carboxylic acid groups (broad SMARTS) is 1. The van der Waals surface area contributed by atoms with E-state index in [1.165, 1.54) is 6.42 Å². The van der Waals surface area contributed by atoms with Crippen molar-refractivity contribution in [3.05, 3.63) is 0 Å². The average molecular weight is 296 g/mol. The molecule has 0 aromatic rings. The standard InChI is InChI=1S/C16H28N2O3/c1-15(8-4-2-5-9-15)18-14(21)17-12-16(13(19)20)10-6-3-7-11-16/h2-12H2,1H3,(H,19,20)(H2,17,18,21). The molecule has 0 atom stereocenters. The minimum Gasteiger partial charge on any atom is -0.481 e. The van der Waals surface area contributed by atoms with Crippen molar-refractivity contribution in [3.63, 3.8) is 0 Å². The van der Waals surface area contributed by atoms with Crippen LogP contribution in [0, 0.1) is 5.41 Å². The monoisotopic (exact) mass is 296 g/mol. The maximum Gasteiger partial charge on any atom is 0.315 e. The van der Waals surface area contributed by atoms with Crippen LogP contribution in [0.5, 0.6) is 0 Å². The molecular formula is C16H28N2O3. The van der Waals surface area contributed by atoms with Crippen molar-refractivity contribution in [3.8, 4) is 0 Å². The van der Waals surface area contributed by atoms with Gasteiger partial charge in [-0.05, 0) is 32.6 Å². The Bertz CT molecular complexity index is 383. The zero-order chi connectivity index (χ0) is 15.3. The van der Waals surface area contributed by atoms with Crippen molar-refractivity contribution < 1.29 is 14.7 Å². The topological polar surface area (TPSA) is 78.4 Å². The first-order chi connectivity index (χ1) is 9.96. The lowest BCUT2D eigenvalue weighted by atomic mass is 9.74. The average Bonchev–Trinajstić information content (AvgIpc) is 2.46. The summed E-state index contributed by atoms with van der Waals surface area (Å²) in [5.41, 5.74) is -0.894. The van der Waals surface area contributed by atoms with Gasteiger partial charge in [0.1, 0.15) is 0 Å². The molecule has 2 fully saturated rings. The number of nitrogens with one attached hydrogen (secondary N) is 2. The molecule has 2 rings (SSSR count). The van der Waals surface area contributed by atoms with Crippen LogP contribution in [0.25, 0.3) is 0 Å². The maximum atomic E-state index is 12.1. The third-order valence-corrected chi connectivity index (χ3v) is 5.22. The molecule has 0 heterocycles. The molecule has 2 amide bonds. The Balaban J connectivity index is 1.85. The second kappa shape index (κ2) is 6.67. The molecule has 0 saturated heterocycles. The summed E-state index contributed by atoms with van der Waals surface area (Å²) >= 11 is 0. The number of rotatable bonds is 4. The molecule has 0 bridgehead atoms. The van der Waals surface area contributed by atoms with E-state index in [0.29, 0.717) is 12.8 Å². The van der Waals surface area contributed by atoms with Crippen molar-refractivity contribution in [1.82, 2.24) is 10.6 Å². The molecule has 0 radical (unpaired) electrons. The van der Waals surface area contributed by atoms with Crippen LogP contribution in [0.1, 0.15) is 71.1 Å². The normalized spacial score (nSPS) is 24.0. The fraction of sp³-hybridized carbons (Fsp3) is 0.875. The Morgan fingerprint density at radius 2 is 1.48 bits per heavy atom. The van der Waals surface area contributed by atoms with E-state index in [1.54, 1.807) is 0 Å². The Morgan fingerprint density at radius 1 is 0.952 bits per heavy atom. The van der Waals surface area contributed by atoms with E-state index in [2.05, 4.69) is 17.6 Å². The molecule has 2 aliphatic carbocycles. The number of hydrogen-bond donors (Lipinski definition) is 3. The highest BCUT2D eigenvalue weighted by atomic mass is 16.4. The molecule has 0 aromatic heterocycles. The first kappa shape index (κ1) is 16.1. The molecule has 0 unspecified atom stereocenters. The van der Waals surface area contributed by atoms with E-state index in [1.807, 2.05) is 0 Å². The molecule has 3 N–H and O–H groups in total. The van der Waals surface area contributed by atoms with Gasteiger partial charge in [-0.25, -0.2) is 4.79 Å². The van der Waals surface area contributed by atoms with Gasteiger partial charge in [-0.1, -0.05) is 38.5 Å². The van der Waals surface area contributed by atoms with Crippen LogP contribution in [0.15, 0.2) is 0 Å². The third-order valence-electron chi connectivity index (χ3n) is 5.22. The van der Waals surface area contributed by atoms with E-state index in [4.69, 9.17) is 0 Å². The minimum absolute atomic E-state index is 0.134. The summed E-state index contributed by atoms with van der Waals surface area (Å²) < 4.78 is 0. The van der Waals surface area contributed by atoms with Gasteiger partial charge >= 0.3 is 12.0 Å². The Hall–Kier alpha value is -1.26. The van der Waals surface area contributed by atoms with Crippen LogP contribution in [0.4, 0.5) is 4.79 Å². The van der Waals surface area contributed by atoms with Gasteiger partial charge in [0, 0.05) is 12.1 Å². The lowest BCUT2D eigenvalue weighted by Gasteiger charge is -2.36. The van der Waals surface area contributed by atoms with Crippen LogP contribution in [-0.2, 0) is 4.79 Å². The van der Waals surface area contributed by atoms with E-state index in [9.17, 15) is 14.7 Å². The fourth-order valence-corrected chi connectivity index (χ4v) is 3.72. The SMILES string of the molecule is CC1(NC(=O)NCC2(C(=O)O)CCCCC2)CCCCC1. The Labute approximate surface area is 126 Å². The van der Waals surface area contributed by atoms with Crippen molar-refractivity contribution in [2.45, 2.75) is 76.7 Å².